The molecule has 178 valence electrons. The van der Waals surface area contributed by atoms with Gasteiger partial charge >= 0.3 is 0 Å². The minimum absolute atomic E-state index is 0.146. The number of para-hydroxylation sites is 1. The molecule has 0 aromatic heterocycles. The molecule has 0 radical (unpaired) electrons. The lowest BCUT2D eigenvalue weighted by Gasteiger charge is -2.31. The van der Waals surface area contributed by atoms with Crippen LogP contribution in [0.15, 0.2) is 78.9 Å². The van der Waals surface area contributed by atoms with Gasteiger partial charge in [-0.25, -0.2) is 0 Å². The van der Waals surface area contributed by atoms with E-state index in [2.05, 4.69) is 5.32 Å². The summed E-state index contributed by atoms with van der Waals surface area (Å²) in [5.74, 6) is 0.377. The zero-order valence-corrected chi connectivity index (χ0v) is 20.6. The minimum atomic E-state index is -0.693. The lowest BCUT2D eigenvalue weighted by atomic mass is 10.0. The van der Waals surface area contributed by atoms with Crippen LogP contribution in [-0.2, 0) is 22.6 Å². The highest BCUT2D eigenvalue weighted by atomic mass is 35.5. The van der Waals surface area contributed by atoms with Crippen LogP contribution in [0.25, 0.3) is 0 Å². The molecular weight excluding hydrogens is 471 g/mol. The van der Waals surface area contributed by atoms with Crippen LogP contribution in [0, 0.1) is 0 Å². The summed E-state index contributed by atoms with van der Waals surface area (Å²) in [7, 11) is 1.58. The maximum Gasteiger partial charge on any atom is 0.242 e. The molecule has 0 aliphatic carbocycles. The van der Waals surface area contributed by atoms with E-state index in [1.165, 1.54) is 0 Å². The highest BCUT2D eigenvalue weighted by molar-refractivity contribution is 6.35. The third-order valence-corrected chi connectivity index (χ3v) is 6.01. The quantitative estimate of drug-likeness (QED) is 0.353. The lowest BCUT2D eigenvalue weighted by Crippen LogP contribution is -2.49. The Morgan fingerprint density at radius 2 is 1.65 bits per heavy atom. The zero-order valence-electron chi connectivity index (χ0n) is 19.0. The summed E-state index contributed by atoms with van der Waals surface area (Å²) >= 11 is 12.5. The Balaban J connectivity index is 1.78. The molecule has 1 N–H and O–H groups in total. The molecule has 7 heteroatoms. The second-order valence-electron chi connectivity index (χ2n) is 7.84. The van der Waals surface area contributed by atoms with Crippen LogP contribution < -0.4 is 10.1 Å². The van der Waals surface area contributed by atoms with Crippen molar-refractivity contribution in [3.05, 3.63) is 100 Å². The summed E-state index contributed by atoms with van der Waals surface area (Å²) in [6, 6.07) is 23.6. The van der Waals surface area contributed by atoms with Gasteiger partial charge < -0.3 is 15.0 Å². The number of hydrogen-bond acceptors (Lipinski definition) is 3. The summed E-state index contributed by atoms with van der Waals surface area (Å²) in [6.07, 6.45) is 1.14. The first-order chi connectivity index (χ1) is 16.5. The number of rotatable bonds is 11. The van der Waals surface area contributed by atoms with Crippen molar-refractivity contribution in [3.63, 3.8) is 0 Å². The SMILES string of the molecule is CNC(=O)C(Cc1ccccc1)N(Cc1ccc(Cl)cc1Cl)C(=O)CCCOc1ccccc1. The Bertz CT molecular complexity index is 1080. The van der Waals surface area contributed by atoms with Gasteiger partial charge in [-0.05, 0) is 41.8 Å². The largest absolute Gasteiger partial charge is 0.494 e. The van der Waals surface area contributed by atoms with Crippen LogP contribution in [0.2, 0.25) is 10.0 Å². The molecule has 0 fully saturated rings. The third kappa shape index (κ3) is 7.51. The van der Waals surface area contributed by atoms with Crippen LogP contribution >= 0.6 is 23.2 Å². The van der Waals surface area contributed by atoms with E-state index in [-0.39, 0.29) is 24.8 Å². The summed E-state index contributed by atoms with van der Waals surface area (Å²) < 4.78 is 5.73. The maximum absolute atomic E-state index is 13.4. The van der Waals surface area contributed by atoms with E-state index >= 15 is 0 Å². The Hall–Kier alpha value is -3.02. The number of likely N-dealkylation sites (N-methyl/N-ethyl adjacent to an activating group) is 1. The molecule has 0 aliphatic rings. The molecule has 3 rings (SSSR count). The molecule has 0 saturated carbocycles. The number of hydrogen-bond donors (Lipinski definition) is 1. The number of amides is 2. The van der Waals surface area contributed by atoms with Crippen LogP contribution in [0.4, 0.5) is 0 Å². The molecule has 1 unspecified atom stereocenters. The summed E-state index contributed by atoms with van der Waals surface area (Å²) in [5.41, 5.74) is 1.69. The van der Waals surface area contributed by atoms with Crippen LogP contribution in [0.3, 0.4) is 0 Å². The van der Waals surface area contributed by atoms with Crippen LogP contribution in [0.1, 0.15) is 24.0 Å². The fraction of sp³-hybridized carbons (Fsp3) is 0.259. The van der Waals surface area contributed by atoms with Crippen molar-refractivity contribution in [2.24, 2.45) is 0 Å². The molecule has 0 aliphatic heterocycles. The molecular formula is C27H28Cl2N2O3. The van der Waals surface area contributed by atoms with E-state index < -0.39 is 6.04 Å². The zero-order chi connectivity index (χ0) is 24.3. The normalized spacial score (nSPS) is 11.5. The third-order valence-electron chi connectivity index (χ3n) is 5.42. The number of nitrogens with zero attached hydrogens (tertiary/aromatic N) is 1. The maximum atomic E-state index is 13.4. The molecule has 3 aromatic carbocycles. The smallest absolute Gasteiger partial charge is 0.242 e. The number of carbonyl (C=O) groups excluding carboxylic acids is 2. The van der Waals surface area contributed by atoms with Gasteiger partial charge in [-0.1, -0.05) is 77.8 Å². The van der Waals surface area contributed by atoms with Crippen molar-refractivity contribution in [3.8, 4) is 5.75 Å². The summed E-state index contributed by atoms with van der Waals surface area (Å²) in [4.78, 5) is 27.9. The second-order valence-corrected chi connectivity index (χ2v) is 8.69. The Morgan fingerprint density at radius 1 is 0.971 bits per heavy atom. The van der Waals surface area contributed by atoms with Crippen molar-refractivity contribution in [2.45, 2.75) is 31.8 Å². The number of benzene rings is 3. The molecule has 0 spiro atoms. The van der Waals surface area contributed by atoms with Crippen molar-refractivity contribution in [1.29, 1.82) is 0 Å². The average molecular weight is 499 g/mol. The van der Waals surface area contributed by atoms with Gasteiger partial charge in [-0.3, -0.25) is 9.59 Å². The Kier molecular flexibility index (Phi) is 9.80. The van der Waals surface area contributed by atoms with Gasteiger partial charge in [0, 0.05) is 36.5 Å². The predicted octanol–water partition coefficient (Wildman–Crippen LogP) is 5.54. The van der Waals surface area contributed by atoms with Gasteiger partial charge in [0.1, 0.15) is 11.8 Å². The topological polar surface area (TPSA) is 58.6 Å². The number of carbonyl (C=O) groups is 2. The lowest BCUT2D eigenvalue weighted by molar-refractivity contribution is -0.141. The molecule has 3 aromatic rings. The van der Waals surface area contributed by atoms with Gasteiger partial charge in [0.15, 0.2) is 0 Å². The molecule has 5 nitrogen and oxygen atoms in total. The molecule has 2 amide bonds. The monoisotopic (exact) mass is 498 g/mol. The van der Waals surface area contributed by atoms with Gasteiger partial charge in [0.05, 0.1) is 6.61 Å². The predicted molar refractivity (Wildman–Crippen MR) is 136 cm³/mol. The van der Waals surface area contributed by atoms with Gasteiger partial charge in [-0.2, -0.15) is 0 Å². The fourth-order valence-corrected chi connectivity index (χ4v) is 4.10. The first-order valence-corrected chi connectivity index (χ1v) is 11.9. The molecule has 0 bridgehead atoms. The molecule has 0 heterocycles. The highest BCUT2D eigenvalue weighted by Crippen LogP contribution is 2.24. The fourth-order valence-electron chi connectivity index (χ4n) is 3.63. The summed E-state index contributed by atoms with van der Waals surface area (Å²) in [6.45, 7) is 0.591. The van der Waals surface area contributed by atoms with Gasteiger partial charge in [-0.15, -0.1) is 0 Å². The van der Waals surface area contributed by atoms with Crippen molar-refractivity contribution in [2.75, 3.05) is 13.7 Å². The van der Waals surface area contributed by atoms with Gasteiger partial charge in [0.2, 0.25) is 11.8 Å². The number of ether oxygens (including phenoxy) is 1. The average Bonchev–Trinajstić information content (AvgIpc) is 2.86. The van der Waals surface area contributed by atoms with E-state index in [0.717, 1.165) is 16.9 Å². The standard InChI is InChI=1S/C27H28Cl2N2O3/c1-30-27(33)25(17-20-9-4-2-5-10-20)31(19-21-14-15-22(28)18-24(21)29)26(32)13-8-16-34-23-11-6-3-7-12-23/h2-7,9-12,14-15,18,25H,8,13,16-17,19H2,1H3,(H,30,33). The first-order valence-electron chi connectivity index (χ1n) is 11.1. The molecule has 1 atom stereocenters. The second kappa shape index (κ2) is 13.0. The van der Waals surface area contributed by atoms with E-state index in [0.29, 0.717) is 29.5 Å². The minimum Gasteiger partial charge on any atom is -0.494 e. The van der Waals surface area contributed by atoms with E-state index in [1.807, 2.05) is 60.7 Å². The van der Waals surface area contributed by atoms with Crippen molar-refractivity contribution in [1.82, 2.24) is 10.2 Å². The van der Waals surface area contributed by atoms with Gasteiger partial charge in [0.25, 0.3) is 0 Å². The Morgan fingerprint density at radius 3 is 2.29 bits per heavy atom. The van der Waals surface area contributed by atoms with E-state index in [4.69, 9.17) is 27.9 Å². The van der Waals surface area contributed by atoms with Crippen molar-refractivity contribution >= 4 is 35.0 Å². The van der Waals surface area contributed by atoms with Crippen molar-refractivity contribution < 1.29 is 14.3 Å². The number of nitrogens with one attached hydrogen (secondary N) is 1. The first kappa shape index (κ1) is 25.6. The highest BCUT2D eigenvalue weighted by Gasteiger charge is 2.30. The summed E-state index contributed by atoms with van der Waals surface area (Å²) in [5, 5.41) is 3.67. The molecule has 34 heavy (non-hydrogen) atoms. The van der Waals surface area contributed by atoms with Crippen LogP contribution in [0.5, 0.6) is 5.75 Å². The van der Waals surface area contributed by atoms with E-state index in [1.54, 1.807) is 30.1 Å². The van der Waals surface area contributed by atoms with E-state index in [9.17, 15) is 9.59 Å². The number of halogens is 2. The van der Waals surface area contributed by atoms with Crippen LogP contribution in [-0.4, -0.2) is 36.4 Å². The Labute approximate surface area is 210 Å². The molecule has 0 saturated heterocycles.